The quantitative estimate of drug-likeness (QED) is 0.455. The van der Waals surface area contributed by atoms with Gasteiger partial charge in [-0.15, -0.1) is 11.4 Å². The summed E-state index contributed by atoms with van der Waals surface area (Å²) in [7, 11) is 0. The second-order valence-electron chi connectivity index (χ2n) is 3.69. The van der Waals surface area contributed by atoms with E-state index in [0.717, 1.165) is 26.3 Å². The average Bonchev–Trinajstić information content (AvgIpc) is 2.72. The summed E-state index contributed by atoms with van der Waals surface area (Å²) >= 11 is 3.13. The van der Waals surface area contributed by atoms with Crippen LogP contribution in [0.3, 0.4) is 0 Å². The van der Waals surface area contributed by atoms with Gasteiger partial charge in [0.25, 0.3) is 0 Å². The number of hydrogen-bond acceptors (Lipinski definition) is 4. The Morgan fingerprint density at radius 3 is 2.88 bits per heavy atom. The van der Waals surface area contributed by atoms with Gasteiger partial charge in [-0.05, 0) is 24.1 Å². The largest absolute Gasteiger partial charge is 0.379 e. The number of morpholine rings is 1. The number of thiol groups is 1. The van der Waals surface area contributed by atoms with Gasteiger partial charge in [0.1, 0.15) is 4.32 Å². The van der Waals surface area contributed by atoms with Crippen molar-refractivity contribution in [1.29, 1.82) is 0 Å². The fourth-order valence-corrected chi connectivity index (χ4v) is 4.08. The highest BCUT2D eigenvalue weighted by Crippen LogP contribution is 2.33. The molecule has 0 radical (unpaired) electrons. The number of nitrogens with one attached hydrogen (secondary N) is 1. The molecule has 1 N–H and O–H groups in total. The minimum absolute atomic E-state index is 0.851. The van der Waals surface area contributed by atoms with E-state index in [1.54, 1.807) is 0 Å². The SMILES string of the molecule is c1ccc2c(c1)NC(SN1CCOCC1)=[SH]2. The molecule has 0 aromatic heterocycles. The molecule has 86 valence electrons. The molecule has 0 unspecified atom stereocenters. The Morgan fingerprint density at radius 2 is 2.06 bits per heavy atom. The van der Waals surface area contributed by atoms with Crippen LogP contribution in [0, 0.1) is 0 Å². The van der Waals surface area contributed by atoms with Crippen molar-refractivity contribution in [2.45, 2.75) is 4.90 Å². The zero-order valence-electron chi connectivity index (χ0n) is 8.85. The van der Waals surface area contributed by atoms with Crippen LogP contribution in [-0.4, -0.2) is 34.9 Å². The number of hydrogen-bond donors (Lipinski definition) is 2. The van der Waals surface area contributed by atoms with Crippen LogP contribution in [0.1, 0.15) is 0 Å². The Labute approximate surface area is 103 Å². The zero-order chi connectivity index (χ0) is 10.8. The number of anilines is 1. The van der Waals surface area contributed by atoms with E-state index in [1.165, 1.54) is 26.3 Å². The van der Waals surface area contributed by atoms with Crippen molar-refractivity contribution < 1.29 is 4.74 Å². The van der Waals surface area contributed by atoms with E-state index in [0.29, 0.717) is 0 Å². The molecule has 1 fully saturated rings. The van der Waals surface area contributed by atoms with Crippen LogP contribution < -0.4 is 5.32 Å². The number of ether oxygens (including phenoxy) is 1. The third-order valence-corrected chi connectivity index (χ3v) is 4.92. The van der Waals surface area contributed by atoms with E-state index in [1.807, 2.05) is 11.9 Å². The number of fused-ring (bicyclic) bond motifs is 1. The predicted molar refractivity (Wildman–Crippen MR) is 72.3 cm³/mol. The Bertz CT molecular complexity index is 416. The number of para-hydroxylation sites is 1. The fraction of sp³-hybridized carbons (Fsp3) is 0.364. The van der Waals surface area contributed by atoms with E-state index in [2.05, 4.69) is 33.9 Å². The highest BCUT2D eigenvalue weighted by molar-refractivity contribution is 8.26. The summed E-state index contributed by atoms with van der Waals surface area (Å²) in [5, 5.41) is 3.47. The van der Waals surface area contributed by atoms with Gasteiger partial charge in [-0.2, -0.15) is 0 Å². The van der Waals surface area contributed by atoms with Crippen molar-refractivity contribution in [3.63, 3.8) is 0 Å². The van der Waals surface area contributed by atoms with Gasteiger partial charge in [0.15, 0.2) is 0 Å². The first-order valence-corrected chi connectivity index (χ1v) is 7.04. The lowest BCUT2D eigenvalue weighted by Gasteiger charge is -2.25. The molecule has 2 aliphatic heterocycles. The highest BCUT2D eigenvalue weighted by Gasteiger charge is 2.17. The van der Waals surface area contributed by atoms with Crippen molar-refractivity contribution >= 4 is 33.3 Å². The maximum atomic E-state index is 5.34. The zero-order valence-corrected chi connectivity index (χ0v) is 10.6. The number of nitrogens with zero attached hydrogens (tertiary/aromatic N) is 1. The predicted octanol–water partition coefficient (Wildman–Crippen LogP) is 2.00. The van der Waals surface area contributed by atoms with Gasteiger partial charge < -0.3 is 10.1 Å². The molecule has 0 bridgehead atoms. The van der Waals surface area contributed by atoms with Crippen molar-refractivity contribution in [2.75, 3.05) is 31.6 Å². The second kappa shape index (κ2) is 4.79. The first kappa shape index (κ1) is 10.7. The van der Waals surface area contributed by atoms with E-state index < -0.39 is 0 Å². The molecule has 3 rings (SSSR count). The maximum Gasteiger partial charge on any atom is 0.115 e. The van der Waals surface area contributed by atoms with Gasteiger partial charge in [-0.3, -0.25) is 0 Å². The summed E-state index contributed by atoms with van der Waals surface area (Å²) in [5.41, 5.74) is 1.25. The van der Waals surface area contributed by atoms with Gasteiger partial charge in [-0.1, -0.05) is 12.1 Å². The summed E-state index contributed by atoms with van der Waals surface area (Å²) < 4.78 is 9.01. The molecule has 0 amide bonds. The van der Waals surface area contributed by atoms with Gasteiger partial charge in [0, 0.05) is 18.0 Å². The minimum Gasteiger partial charge on any atom is -0.379 e. The van der Waals surface area contributed by atoms with Crippen LogP contribution in [0.25, 0.3) is 0 Å². The van der Waals surface area contributed by atoms with Crippen molar-refractivity contribution in [3.05, 3.63) is 24.3 Å². The highest BCUT2D eigenvalue weighted by atomic mass is 32.2. The molecular weight excluding hydrogens is 240 g/mol. The number of benzene rings is 1. The van der Waals surface area contributed by atoms with E-state index >= 15 is 0 Å². The van der Waals surface area contributed by atoms with Crippen molar-refractivity contribution in [2.24, 2.45) is 0 Å². The number of rotatable bonds is 1. The molecule has 0 spiro atoms. The average molecular weight is 254 g/mol. The van der Waals surface area contributed by atoms with Gasteiger partial charge >= 0.3 is 0 Å². The smallest absolute Gasteiger partial charge is 0.115 e. The molecule has 3 nitrogen and oxygen atoms in total. The molecular formula is C11H14N2OS2. The molecule has 2 heterocycles. The van der Waals surface area contributed by atoms with Crippen LogP contribution >= 0.6 is 23.3 Å². The van der Waals surface area contributed by atoms with Gasteiger partial charge in [0.2, 0.25) is 0 Å². The van der Waals surface area contributed by atoms with E-state index in [9.17, 15) is 0 Å². The third kappa shape index (κ3) is 2.27. The van der Waals surface area contributed by atoms with Crippen LogP contribution in [0.15, 0.2) is 29.2 Å². The lowest BCUT2D eigenvalue weighted by molar-refractivity contribution is 0.0778. The summed E-state index contributed by atoms with van der Waals surface area (Å²) in [4.78, 5) is 1.37. The van der Waals surface area contributed by atoms with Crippen molar-refractivity contribution in [1.82, 2.24) is 4.31 Å². The monoisotopic (exact) mass is 254 g/mol. The molecule has 0 atom stereocenters. The first-order valence-electron chi connectivity index (χ1n) is 5.37. The topological polar surface area (TPSA) is 24.5 Å². The molecule has 0 saturated carbocycles. The van der Waals surface area contributed by atoms with E-state index in [-0.39, 0.29) is 0 Å². The van der Waals surface area contributed by atoms with Gasteiger partial charge in [0.05, 0.1) is 18.9 Å². The Hall–Kier alpha value is -0.490. The Kier molecular flexibility index (Phi) is 3.19. The first-order chi connectivity index (χ1) is 7.92. The van der Waals surface area contributed by atoms with Gasteiger partial charge in [-0.25, -0.2) is 4.31 Å². The Balaban J connectivity index is 1.66. The molecule has 2 aliphatic rings. The second-order valence-corrected chi connectivity index (χ2v) is 6.25. The molecule has 1 aromatic rings. The molecule has 0 aliphatic carbocycles. The lowest BCUT2D eigenvalue weighted by atomic mass is 10.3. The standard InChI is InChI=1S/C11H14N2OS2/c1-2-4-10-9(3-1)12-11(15-10)16-13-5-7-14-8-6-13/h1-4,12,15H,5-8H2. The summed E-state index contributed by atoms with van der Waals surface area (Å²) in [6, 6.07) is 8.48. The van der Waals surface area contributed by atoms with Crippen LogP contribution in [0.4, 0.5) is 5.69 Å². The lowest BCUT2D eigenvalue weighted by Crippen LogP contribution is -2.32. The van der Waals surface area contributed by atoms with Crippen LogP contribution in [-0.2, 0) is 4.74 Å². The fourth-order valence-electron chi connectivity index (χ4n) is 1.73. The molecule has 1 aromatic carbocycles. The van der Waals surface area contributed by atoms with Crippen LogP contribution in [0.2, 0.25) is 0 Å². The minimum atomic E-state index is 0.851. The maximum absolute atomic E-state index is 5.34. The molecule has 1 saturated heterocycles. The summed E-state index contributed by atoms with van der Waals surface area (Å²) in [6.07, 6.45) is 0. The van der Waals surface area contributed by atoms with Crippen molar-refractivity contribution in [3.8, 4) is 0 Å². The molecule has 16 heavy (non-hydrogen) atoms. The normalized spacial score (nSPS) is 20.6. The Morgan fingerprint density at radius 1 is 1.25 bits per heavy atom. The third-order valence-electron chi connectivity index (χ3n) is 2.55. The molecule has 5 heteroatoms. The summed E-state index contributed by atoms with van der Waals surface area (Å²) in [5.74, 6) is 0. The van der Waals surface area contributed by atoms with Crippen LogP contribution in [0.5, 0.6) is 0 Å². The summed E-state index contributed by atoms with van der Waals surface area (Å²) in [6.45, 7) is 3.73. The van der Waals surface area contributed by atoms with E-state index in [4.69, 9.17) is 4.74 Å².